The van der Waals surface area contributed by atoms with Crippen molar-refractivity contribution in [2.24, 2.45) is 0 Å². The van der Waals surface area contributed by atoms with Crippen LogP contribution in [0.4, 0.5) is 0 Å². The van der Waals surface area contributed by atoms with Gasteiger partial charge in [-0.05, 0) is 6.07 Å². The zero-order chi connectivity index (χ0) is 8.97. The molecule has 4 nitrogen and oxygen atoms in total. The Morgan fingerprint density at radius 1 is 1.42 bits per heavy atom. The maximum atomic E-state index is 10.3. The van der Waals surface area contributed by atoms with Crippen molar-refractivity contribution >= 4 is 8.25 Å². The van der Waals surface area contributed by atoms with Gasteiger partial charge >= 0.3 is 8.25 Å². The van der Waals surface area contributed by atoms with E-state index < -0.39 is 8.25 Å². The third-order valence-corrected chi connectivity index (χ3v) is 1.67. The van der Waals surface area contributed by atoms with Crippen LogP contribution >= 0.6 is 8.25 Å². The van der Waals surface area contributed by atoms with Crippen LogP contribution in [-0.2, 0) is 11.2 Å². The second-order valence-corrected chi connectivity index (χ2v) is 2.75. The molecule has 12 heavy (non-hydrogen) atoms. The van der Waals surface area contributed by atoms with Gasteiger partial charge < -0.3 is 5.11 Å². The molecule has 0 aliphatic heterocycles. The molecule has 0 bridgehead atoms. The van der Waals surface area contributed by atoms with Crippen molar-refractivity contribution in [3.8, 4) is 5.75 Å². The molecule has 0 saturated heterocycles. The van der Waals surface area contributed by atoms with Crippen LogP contribution in [0.15, 0.2) is 24.3 Å². The fraction of sp³-hybridized carbons (Fsp3) is 0.143. The summed E-state index contributed by atoms with van der Waals surface area (Å²) < 4.78 is 14.8. The van der Waals surface area contributed by atoms with Crippen molar-refractivity contribution in [1.82, 2.24) is 0 Å². The van der Waals surface area contributed by atoms with Crippen molar-refractivity contribution in [2.75, 3.05) is 0 Å². The molecule has 0 amide bonds. The molecule has 0 aromatic heterocycles. The van der Waals surface area contributed by atoms with Crippen LogP contribution in [0.25, 0.3) is 0 Å². The summed E-state index contributed by atoms with van der Waals surface area (Å²) in [6.07, 6.45) is 0. The molecule has 64 valence electrons. The van der Waals surface area contributed by atoms with Crippen molar-refractivity contribution < 1.29 is 19.1 Å². The standard InChI is InChI=1S/C7H7O4P/c8-5-6-3-1-2-4-7(6)11-12(9)10/h1-4,8H,5H2/p+1. The summed E-state index contributed by atoms with van der Waals surface area (Å²) >= 11 is 0. The normalized spacial score (nSPS) is 11.0. The van der Waals surface area contributed by atoms with Crippen molar-refractivity contribution in [3.05, 3.63) is 29.8 Å². The second-order valence-electron chi connectivity index (χ2n) is 2.09. The quantitative estimate of drug-likeness (QED) is 0.698. The van der Waals surface area contributed by atoms with E-state index in [0.29, 0.717) is 5.56 Å². The Kier molecular flexibility index (Phi) is 3.17. The Labute approximate surface area is 70.4 Å². The first-order valence-electron chi connectivity index (χ1n) is 3.27. The lowest BCUT2D eigenvalue weighted by molar-refractivity contribution is 0.277. The fourth-order valence-corrected chi connectivity index (χ4v) is 1.15. The summed E-state index contributed by atoms with van der Waals surface area (Å²) in [4.78, 5) is 8.43. The van der Waals surface area contributed by atoms with Gasteiger partial charge in [-0.2, -0.15) is 0 Å². The van der Waals surface area contributed by atoms with Gasteiger partial charge in [0.05, 0.1) is 6.61 Å². The number of benzene rings is 1. The van der Waals surface area contributed by atoms with Crippen LogP contribution in [-0.4, -0.2) is 10.00 Å². The summed E-state index contributed by atoms with van der Waals surface area (Å²) in [5.41, 5.74) is 0.495. The van der Waals surface area contributed by atoms with E-state index in [4.69, 9.17) is 10.00 Å². The van der Waals surface area contributed by atoms with Gasteiger partial charge in [0.1, 0.15) is 0 Å². The van der Waals surface area contributed by atoms with E-state index in [9.17, 15) is 4.57 Å². The summed E-state index contributed by atoms with van der Waals surface area (Å²) in [5.74, 6) is 0.239. The van der Waals surface area contributed by atoms with E-state index in [0.717, 1.165) is 0 Å². The smallest absolute Gasteiger partial charge is 0.392 e. The molecule has 1 unspecified atom stereocenters. The van der Waals surface area contributed by atoms with Crippen LogP contribution in [0.5, 0.6) is 5.75 Å². The van der Waals surface area contributed by atoms with Gasteiger partial charge in [0.15, 0.2) is 5.75 Å². The number of rotatable bonds is 3. The molecule has 1 aromatic rings. The minimum atomic E-state index is -2.66. The van der Waals surface area contributed by atoms with E-state index in [1.165, 1.54) is 6.07 Å². The monoisotopic (exact) mass is 187 g/mol. The van der Waals surface area contributed by atoms with E-state index in [1.54, 1.807) is 18.2 Å². The van der Waals surface area contributed by atoms with Gasteiger partial charge in [0.25, 0.3) is 0 Å². The van der Waals surface area contributed by atoms with E-state index in [1.807, 2.05) is 0 Å². The fourth-order valence-electron chi connectivity index (χ4n) is 0.808. The number of para-hydroxylation sites is 1. The first-order chi connectivity index (χ1) is 5.74. The van der Waals surface area contributed by atoms with E-state index in [-0.39, 0.29) is 12.4 Å². The lowest BCUT2D eigenvalue weighted by Gasteiger charge is -1.97. The molecule has 5 heteroatoms. The molecule has 0 radical (unpaired) electrons. The van der Waals surface area contributed by atoms with Crippen LogP contribution < -0.4 is 4.52 Å². The zero-order valence-electron chi connectivity index (χ0n) is 6.17. The van der Waals surface area contributed by atoms with Crippen LogP contribution in [0.1, 0.15) is 5.56 Å². The highest BCUT2D eigenvalue weighted by Gasteiger charge is 2.16. The van der Waals surface area contributed by atoms with Gasteiger partial charge in [0.2, 0.25) is 0 Å². The molecule has 0 aliphatic carbocycles. The molecule has 0 heterocycles. The molecule has 0 aliphatic rings. The highest BCUT2D eigenvalue weighted by molar-refractivity contribution is 7.32. The molecular weight excluding hydrogens is 179 g/mol. The van der Waals surface area contributed by atoms with Gasteiger partial charge in [-0.15, -0.1) is 4.89 Å². The first-order valence-corrected chi connectivity index (χ1v) is 4.40. The lowest BCUT2D eigenvalue weighted by atomic mass is 10.2. The maximum Gasteiger partial charge on any atom is 0.747 e. The maximum absolute atomic E-state index is 10.3. The van der Waals surface area contributed by atoms with Gasteiger partial charge in [0, 0.05) is 10.1 Å². The number of hydrogen-bond acceptors (Lipinski definition) is 3. The topological polar surface area (TPSA) is 66.8 Å². The highest BCUT2D eigenvalue weighted by atomic mass is 31.1. The van der Waals surface area contributed by atoms with E-state index >= 15 is 0 Å². The van der Waals surface area contributed by atoms with Crippen molar-refractivity contribution in [2.45, 2.75) is 6.61 Å². The largest absolute Gasteiger partial charge is 0.747 e. The average molecular weight is 187 g/mol. The Morgan fingerprint density at radius 2 is 2.08 bits per heavy atom. The Bertz CT molecular complexity index is 286. The second kappa shape index (κ2) is 4.16. The number of hydrogen-bond donors (Lipinski definition) is 2. The first kappa shape index (κ1) is 9.13. The zero-order valence-corrected chi connectivity index (χ0v) is 7.07. The molecule has 0 spiro atoms. The van der Waals surface area contributed by atoms with Crippen molar-refractivity contribution in [3.63, 3.8) is 0 Å². The minimum absolute atomic E-state index is 0.209. The van der Waals surface area contributed by atoms with Gasteiger partial charge in [-0.25, -0.2) is 4.52 Å². The summed E-state index contributed by atoms with van der Waals surface area (Å²) in [6, 6.07) is 6.51. The summed E-state index contributed by atoms with van der Waals surface area (Å²) in [6.45, 7) is -0.209. The predicted octanol–water partition coefficient (Wildman–Crippen LogP) is 1.21. The molecule has 1 aromatic carbocycles. The Morgan fingerprint density at radius 3 is 2.67 bits per heavy atom. The molecular formula is C7H8O4P+. The minimum Gasteiger partial charge on any atom is -0.392 e. The Hall–Kier alpha value is -0.960. The number of aliphatic hydroxyl groups is 1. The van der Waals surface area contributed by atoms with E-state index in [2.05, 4.69) is 4.52 Å². The predicted molar refractivity (Wildman–Crippen MR) is 42.8 cm³/mol. The molecule has 1 rings (SSSR count). The average Bonchev–Trinajstić information content (AvgIpc) is 2.04. The summed E-state index contributed by atoms with van der Waals surface area (Å²) in [7, 11) is -2.66. The van der Waals surface area contributed by atoms with Crippen LogP contribution in [0.2, 0.25) is 0 Å². The molecule has 1 atom stereocenters. The van der Waals surface area contributed by atoms with Gasteiger partial charge in [-0.1, -0.05) is 18.2 Å². The van der Waals surface area contributed by atoms with Crippen molar-refractivity contribution in [1.29, 1.82) is 0 Å². The molecule has 0 saturated carbocycles. The highest BCUT2D eigenvalue weighted by Crippen LogP contribution is 2.26. The van der Waals surface area contributed by atoms with Crippen LogP contribution in [0, 0.1) is 0 Å². The van der Waals surface area contributed by atoms with Crippen LogP contribution in [0.3, 0.4) is 0 Å². The molecule has 2 N–H and O–H groups in total. The molecule has 0 fully saturated rings. The summed E-state index contributed by atoms with van der Waals surface area (Å²) in [5, 5.41) is 8.77. The third-order valence-electron chi connectivity index (χ3n) is 1.32. The third kappa shape index (κ3) is 2.27. The van der Waals surface area contributed by atoms with Gasteiger partial charge in [-0.3, -0.25) is 0 Å². The lowest BCUT2D eigenvalue weighted by Crippen LogP contribution is -1.88. The number of aliphatic hydroxyl groups excluding tert-OH is 1. The SMILES string of the molecule is O=[P+](O)Oc1ccccc1CO. The Balaban J connectivity index is 2.89.